The van der Waals surface area contributed by atoms with Gasteiger partial charge in [-0.1, -0.05) is 6.92 Å². The highest BCUT2D eigenvalue weighted by Gasteiger charge is 2.37. The van der Waals surface area contributed by atoms with Gasteiger partial charge in [0.05, 0.1) is 5.60 Å². The number of rotatable bonds is 2. The summed E-state index contributed by atoms with van der Waals surface area (Å²) in [5.41, 5.74) is -0.436. The Morgan fingerprint density at radius 2 is 2.42 bits per heavy atom. The van der Waals surface area contributed by atoms with Crippen molar-refractivity contribution in [3.63, 3.8) is 0 Å². The van der Waals surface area contributed by atoms with E-state index >= 15 is 0 Å². The molecule has 0 radical (unpaired) electrons. The van der Waals surface area contributed by atoms with Crippen molar-refractivity contribution in [2.45, 2.75) is 44.0 Å². The van der Waals surface area contributed by atoms with E-state index in [1.807, 2.05) is 18.7 Å². The molecule has 0 aromatic heterocycles. The zero-order chi connectivity index (χ0) is 9.03. The second kappa shape index (κ2) is 4.20. The van der Waals surface area contributed by atoms with Gasteiger partial charge < -0.3 is 5.11 Å². The summed E-state index contributed by atoms with van der Waals surface area (Å²) in [5, 5.41) is 10.5. The van der Waals surface area contributed by atoms with E-state index in [-0.39, 0.29) is 0 Å². The third-order valence-corrected chi connectivity index (χ3v) is 3.90. The molecule has 12 heavy (non-hydrogen) atoms. The summed E-state index contributed by atoms with van der Waals surface area (Å²) < 4.78 is 0. The first-order valence-corrected chi connectivity index (χ1v) is 5.47. The van der Waals surface area contributed by atoms with Gasteiger partial charge in [0.25, 0.3) is 0 Å². The third kappa shape index (κ3) is 2.18. The Labute approximate surface area is 78.9 Å². The summed E-state index contributed by atoms with van der Waals surface area (Å²) in [5.74, 6) is 6.95. The van der Waals surface area contributed by atoms with Gasteiger partial charge in [-0.15, -0.1) is 11.8 Å². The van der Waals surface area contributed by atoms with Crippen LogP contribution in [0.25, 0.3) is 0 Å². The maximum Gasteiger partial charge on any atom is 0.0780 e. The van der Waals surface area contributed by atoms with Gasteiger partial charge in [-0.05, 0) is 25.5 Å². The second-order valence-corrected chi connectivity index (χ2v) is 4.74. The monoisotopic (exact) mass is 184 g/mol. The van der Waals surface area contributed by atoms with E-state index in [4.69, 9.17) is 0 Å². The van der Waals surface area contributed by atoms with Gasteiger partial charge in [0.2, 0.25) is 0 Å². The predicted octanol–water partition coefficient (Wildman–Crippen LogP) is 2.05. The molecule has 0 spiro atoms. The molecule has 1 nitrogen and oxygen atoms in total. The molecule has 1 saturated heterocycles. The summed E-state index contributed by atoms with van der Waals surface area (Å²) >= 11 is 1.86. The molecule has 0 aromatic carbocycles. The second-order valence-electron chi connectivity index (χ2n) is 3.29. The summed E-state index contributed by atoms with van der Waals surface area (Å²) in [6.07, 6.45) is 2.60. The predicted molar refractivity (Wildman–Crippen MR) is 54.2 cm³/mol. The van der Waals surface area contributed by atoms with Gasteiger partial charge in [0.15, 0.2) is 0 Å². The summed E-state index contributed by atoms with van der Waals surface area (Å²) in [6.45, 7) is 3.95. The smallest absolute Gasteiger partial charge is 0.0780 e. The van der Waals surface area contributed by atoms with E-state index < -0.39 is 5.60 Å². The summed E-state index contributed by atoms with van der Waals surface area (Å²) in [6, 6.07) is 0. The fraction of sp³-hybridized carbons (Fsp3) is 0.800. The molecule has 1 heterocycles. The summed E-state index contributed by atoms with van der Waals surface area (Å²) in [7, 11) is 0. The molecule has 1 rings (SSSR count). The van der Waals surface area contributed by atoms with E-state index in [1.54, 1.807) is 0 Å². The van der Waals surface area contributed by atoms with Crippen LogP contribution in [0.2, 0.25) is 0 Å². The minimum absolute atomic E-state index is 0.385. The maximum absolute atomic E-state index is 10.1. The first kappa shape index (κ1) is 9.95. The zero-order valence-electron chi connectivity index (χ0n) is 7.76. The van der Waals surface area contributed by atoms with Gasteiger partial charge in [0.1, 0.15) is 0 Å². The fourth-order valence-electron chi connectivity index (χ4n) is 1.50. The lowest BCUT2D eigenvalue weighted by Crippen LogP contribution is -2.34. The Balaban J connectivity index is 2.41. The Morgan fingerprint density at radius 3 is 2.92 bits per heavy atom. The molecular weight excluding hydrogens is 168 g/mol. The van der Waals surface area contributed by atoms with Crippen molar-refractivity contribution in [3.05, 3.63) is 0 Å². The van der Waals surface area contributed by atoms with Gasteiger partial charge in [-0.3, -0.25) is 0 Å². The molecule has 2 unspecified atom stereocenters. The molecule has 68 valence electrons. The molecule has 0 bridgehead atoms. The lowest BCUT2D eigenvalue weighted by atomic mass is 9.92. The Kier molecular flexibility index (Phi) is 3.49. The highest BCUT2D eigenvalue weighted by atomic mass is 32.2. The van der Waals surface area contributed by atoms with E-state index in [0.29, 0.717) is 5.25 Å². The molecule has 1 aliphatic rings. The van der Waals surface area contributed by atoms with Crippen LogP contribution in [0, 0.1) is 11.8 Å². The molecular formula is C10H16OS. The molecule has 0 amide bonds. The zero-order valence-corrected chi connectivity index (χ0v) is 8.58. The van der Waals surface area contributed by atoms with Gasteiger partial charge in [-0.2, -0.15) is 11.8 Å². The van der Waals surface area contributed by atoms with Gasteiger partial charge >= 0.3 is 0 Å². The summed E-state index contributed by atoms with van der Waals surface area (Å²) in [4.78, 5) is 0. The van der Waals surface area contributed by atoms with Crippen LogP contribution in [-0.2, 0) is 0 Å². The van der Waals surface area contributed by atoms with Crippen molar-refractivity contribution in [1.29, 1.82) is 0 Å². The average Bonchev–Trinajstić information content (AvgIpc) is 2.34. The van der Waals surface area contributed by atoms with Crippen LogP contribution in [0.1, 0.15) is 33.1 Å². The lowest BCUT2D eigenvalue weighted by Gasteiger charge is -2.25. The Bertz CT molecular complexity index is 204. The fourth-order valence-corrected chi connectivity index (χ4v) is 2.87. The molecule has 1 aliphatic heterocycles. The van der Waals surface area contributed by atoms with Crippen LogP contribution in [0.3, 0.4) is 0 Å². The van der Waals surface area contributed by atoms with Crippen molar-refractivity contribution in [2.75, 3.05) is 5.75 Å². The molecule has 1 N–H and O–H groups in total. The van der Waals surface area contributed by atoms with Crippen molar-refractivity contribution in [2.24, 2.45) is 0 Å². The Hall–Kier alpha value is -0.130. The van der Waals surface area contributed by atoms with Crippen LogP contribution in [-0.4, -0.2) is 21.7 Å². The topological polar surface area (TPSA) is 20.2 Å². The first-order chi connectivity index (χ1) is 5.69. The SMILES string of the molecule is CC#CCCC1(O)CCSC1C. The van der Waals surface area contributed by atoms with Crippen LogP contribution in [0.4, 0.5) is 0 Å². The number of hydrogen-bond donors (Lipinski definition) is 1. The van der Waals surface area contributed by atoms with E-state index in [1.165, 1.54) is 0 Å². The lowest BCUT2D eigenvalue weighted by molar-refractivity contribution is 0.0387. The highest BCUT2D eigenvalue weighted by molar-refractivity contribution is 8.00. The van der Waals surface area contributed by atoms with Crippen LogP contribution in [0.15, 0.2) is 0 Å². The maximum atomic E-state index is 10.1. The normalized spacial score (nSPS) is 34.4. The van der Waals surface area contributed by atoms with Crippen molar-refractivity contribution >= 4 is 11.8 Å². The number of aliphatic hydroxyl groups is 1. The third-order valence-electron chi connectivity index (χ3n) is 2.52. The first-order valence-electron chi connectivity index (χ1n) is 4.42. The quantitative estimate of drug-likeness (QED) is 0.663. The van der Waals surface area contributed by atoms with Gasteiger partial charge in [0, 0.05) is 11.7 Å². The van der Waals surface area contributed by atoms with Crippen LogP contribution in [0.5, 0.6) is 0 Å². The molecule has 1 fully saturated rings. The molecule has 0 saturated carbocycles. The van der Waals surface area contributed by atoms with Crippen LogP contribution < -0.4 is 0 Å². The van der Waals surface area contributed by atoms with E-state index in [2.05, 4.69) is 18.8 Å². The van der Waals surface area contributed by atoms with E-state index in [0.717, 1.165) is 25.0 Å². The van der Waals surface area contributed by atoms with Gasteiger partial charge in [-0.25, -0.2) is 0 Å². The standard InChI is InChI=1S/C10H16OS/c1-3-4-5-6-10(11)7-8-12-9(10)2/h9,11H,5-8H2,1-2H3. The highest BCUT2D eigenvalue weighted by Crippen LogP contribution is 2.38. The Morgan fingerprint density at radius 1 is 1.67 bits per heavy atom. The molecule has 2 heteroatoms. The van der Waals surface area contributed by atoms with Crippen molar-refractivity contribution in [1.82, 2.24) is 0 Å². The van der Waals surface area contributed by atoms with Crippen molar-refractivity contribution < 1.29 is 5.11 Å². The average molecular weight is 184 g/mol. The van der Waals surface area contributed by atoms with Crippen molar-refractivity contribution in [3.8, 4) is 11.8 Å². The minimum atomic E-state index is -0.436. The number of thioether (sulfide) groups is 1. The minimum Gasteiger partial charge on any atom is -0.389 e. The molecule has 2 atom stereocenters. The number of hydrogen-bond acceptors (Lipinski definition) is 2. The largest absolute Gasteiger partial charge is 0.389 e. The van der Waals surface area contributed by atoms with Crippen LogP contribution >= 0.6 is 11.8 Å². The van der Waals surface area contributed by atoms with E-state index in [9.17, 15) is 5.11 Å². The molecule has 0 aliphatic carbocycles. The molecule has 0 aromatic rings.